The first-order valence-electron chi connectivity index (χ1n) is 7.43. The highest BCUT2D eigenvalue weighted by molar-refractivity contribution is 5.93. The minimum Gasteiger partial charge on any atom is -0.337 e. The molecule has 1 amide bonds. The Hall–Kier alpha value is -2.17. The van der Waals surface area contributed by atoms with E-state index >= 15 is 0 Å². The molecule has 110 valence electrons. The van der Waals surface area contributed by atoms with Gasteiger partial charge in [0, 0.05) is 31.2 Å². The fourth-order valence-corrected chi connectivity index (χ4v) is 2.98. The summed E-state index contributed by atoms with van der Waals surface area (Å²) in [4.78, 5) is 18.8. The number of aromatic amines is 1. The van der Waals surface area contributed by atoms with Crippen LogP contribution in [-0.4, -0.2) is 39.1 Å². The highest BCUT2D eigenvalue weighted by Crippen LogP contribution is 2.21. The van der Waals surface area contributed by atoms with Crippen LogP contribution in [0.3, 0.4) is 0 Å². The number of nitrogens with zero attached hydrogens (tertiary/aromatic N) is 3. The van der Waals surface area contributed by atoms with E-state index in [1.165, 1.54) is 0 Å². The van der Waals surface area contributed by atoms with E-state index in [0.717, 1.165) is 43.6 Å². The SMILES string of the molecule is Cc1cccnc1C(=O)N1CCC[C@@H](Cc2ccn[nH]2)C1. The third kappa shape index (κ3) is 3.12. The second-order valence-electron chi connectivity index (χ2n) is 5.71. The van der Waals surface area contributed by atoms with Gasteiger partial charge < -0.3 is 4.90 Å². The van der Waals surface area contributed by atoms with Gasteiger partial charge in [0.15, 0.2) is 0 Å². The molecule has 1 fully saturated rings. The van der Waals surface area contributed by atoms with E-state index in [0.29, 0.717) is 11.6 Å². The van der Waals surface area contributed by atoms with Gasteiger partial charge in [-0.3, -0.25) is 14.9 Å². The van der Waals surface area contributed by atoms with Gasteiger partial charge in [0.05, 0.1) is 0 Å². The van der Waals surface area contributed by atoms with Gasteiger partial charge in [-0.25, -0.2) is 0 Å². The molecular weight excluding hydrogens is 264 g/mol. The summed E-state index contributed by atoms with van der Waals surface area (Å²) in [6.07, 6.45) is 6.62. The summed E-state index contributed by atoms with van der Waals surface area (Å²) in [6.45, 7) is 3.56. The topological polar surface area (TPSA) is 61.9 Å². The number of H-pyrrole nitrogens is 1. The first kappa shape index (κ1) is 13.8. The van der Waals surface area contributed by atoms with Crippen LogP contribution in [0.1, 0.15) is 34.6 Å². The lowest BCUT2D eigenvalue weighted by Gasteiger charge is -2.32. The molecule has 0 radical (unpaired) electrons. The Labute approximate surface area is 124 Å². The Morgan fingerprint density at radius 3 is 3.10 bits per heavy atom. The number of hydrogen-bond donors (Lipinski definition) is 1. The molecule has 0 bridgehead atoms. The number of rotatable bonds is 3. The maximum atomic E-state index is 12.6. The number of aromatic nitrogens is 3. The maximum Gasteiger partial charge on any atom is 0.272 e. The fraction of sp³-hybridized carbons (Fsp3) is 0.438. The van der Waals surface area contributed by atoms with E-state index in [9.17, 15) is 4.79 Å². The Morgan fingerprint density at radius 2 is 2.33 bits per heavy atom. The van der Waals surface area contributed by atoms with Gasteiger partial charge in [-0.05, 0) is 49.8 Å². The molecule has 0 saturated carbocycles. The summed E-state index contributed by atoms with van der Waals surface area (Å²) in [5.41, 5.74) is 2.67. The van der Waals surface area contributed by atoms with Crippen LogP contribution in [0, 0.1) is 12.8 Å². The first-order chi connectivity index (χ1) is 10.2. The number of likely N-dealkylation sites (tertiary alicyclic amines) is 1. The second-order valence-corrected chi connectivity index (χ2v) is 5.71. The third-order valence-corrected chi connectivity index (χ3v) is 4.09. The van der Waals surface area contributed by atoms with Crippen molar-refractivity contribution in [2.24, 2.45) is 5.92 Å². The lowest BCUT2D eigenvalue weighted by Crippen LogP contribution is -2.41. The molecule has 5 heteroatoms. The van der Waals surface area contributed by atoms with Gasteiger partial charge in [0.25, 0.3) is 5.91 Å². The van der Waals surface area contributed by atoms with E-state index in [1.54, 1.807) is 12.4 Å². The highest BCUT2D eigenvalue weighted by Gasteiger charge is 2.26. The molecule has 1 saturated heterocycles. The maximum absolute atomic E-state index is 12.6. The molecule has 0 unspecified atom stereocenters. The average Bonchev–Trinajstić information content (AvgIpc) is 3.00. The van der Waals surface area contributed by atoms with Crippen LogP contribution in [0.15, 0.2) is 30.6 Å². The van der Waals surface area contributed by atoms with E-state index in [-0.39, 0.29) is 5.91 Å². The van der Waals surface area contributed by atoms with Crippen molar-refractivity contribution >= 4 is 5.91 Å². The van der Waals surface area contributed by atoms with Crippen LogP contribution < -0.4 is 0 Å². The van der Waals surface area contributed by atoms with Crippen molar-refractivity contribution in [2.45, 2.75) is 26.2 Å². The van der Waals surface area contributed by atoms with E-state index in [4.69, 9.17) is 0 Å². The summed E-state index contributed by atoms with van der Waals surface area (Å²) in [7, 11) is 0. The Kier molecular flexibility index (Phi) is 3.99. The molecular formula is C16H20N4O. The van der Waals surface area contributed by atoms with Crippen molar-refractivity contribution in [1.82, 2.24) is 20.1 Å². The van der Waals surface area contributed by atoms with Gasteiger partial charge in [-0.2, -0.15) is 5.10 Å². The van der Waals surface area contributed by atoms with Gasteiger partial charge in [0.2, 0.25) is 0 Å². The normalized spacial score (nSPS) is 18.7. The molecule has 2 aromatic rings. The van der Waals surface area contributed by atoms with E-state index in [2.05, 4.69) is 15.2 Å². The molecule has 0 aliphatic carbocycles. The lowest BCUT2D eigenvalue weighted by atomic mass is 9.93. The number of carbonyl (C=O) groups is 1. The molecule has 1 atom stereocenters. The van der Waals surface area contributed by atoms with Crippen molar-refractivity contribution in [3.8, 4) is 0 Å². The number of nitrogens with one attached hydrogen (secondary N) is 1. The zero-order chi connectivity index (χ0) is 14.7. The van der Waals surface area contributed by atoms with Crippen LogP contribution in [-0.2, 0) is 6.42 Å². The van der Waals surface area contributed by atoms with Crippen LogP contribution in [0.2, 0.25) is 0 Å². The van der Waals surface area contributed by atoms with Crippen LogP contribution in [0.5, 0.6) is 0 Å². The molecule has 1 aliphatic heterocycles. The standard InChI is InChI=1S/C16H20N4O/c1-12-4-2-7-17-15(12)16(21)20-9-3-5-13(11-20)10-14-6-8-18-19-14/h2,4,6-8,13H,3,5,9-11H2,1H3,(H,18,19)/t13-/m0/s1. The third-order valence-electron chi connectivity index (χ3n) is 4.09. The molecule has 2 aromatic heterocycles. The van der Waals surface area contributed by atoms with Crippen LogP contribution in [0.25, 0.3) is 0 Å². The highest BCUT2D eigenvalue weighted by atomic mass is 16.2. The van der Waals surface area contributed by atoms with Gasteiger partial charge >= 0.3 is 0 Å². The number of pyridine rings is 1. The summed E-state index contributed by atoms with van der Waals surface area (Å²) in [6, 6.07) is 5.80. The summed E-state index contributed by atoms with van der Waals surface area (Å²) in [5, 5.41) is 6.99. The zero-order valence-corrected chi connectivity index (χ0v) is 12.2. The molecule has 5 nitrogen and oxygen atoms in total. The monoisotopic (exact) mass is 284 g/mol. The molecule has 21 heavy (non-hydrogen) atoms. The molecule has 0 spiro atoms. The molecule has 3 rings (SSSR count). The van der Waals surface area contributed by atoms with Crippen molar-refractivity contribution < 1.29 is 4.79 Å². The van der Waals surface area contributed by atoms with Gasteiger partial charge in [-0.15, -0.1) is 0 Å². The number of carbonyl (C=O) groups excluding carboxylic acids is 1. The van der Waals surface area contributed by atoms with Crippen LogP contribution in [0.4, 0.5) is 0 Å². The van der Waals surface area contributed by atoms with Gasteiger partial charge in [-0.1, -0.05) is 6.07 Å². The van der Waals surface area contributed by atoms with E-state index in [1.807, 2.05) is 30.0 Å². The van der Waals surface area contributed by atoms with Crippen molar-refractivity contribution in [2.75, 3.05) is 13.1 Å². The van der Waals surface area contributed by atoms with Crippen LogP contribution >= 0.6 is 0 Å². The summed E-state index contributed by atoms with van der Waals surface area (Å²) < 4.78 is 0. The lowest BCUT2D eigenvalue weighted by molar-refractivity contribution is 0.0666. The number of aryl methyl sites for hydroxylation is 1. The smallest absolute Gasteiger partial charge is 0.272 e. The Morgan fingerprint density at radius 1 is 1.43 bits per heavy atom. The zero-order valence-electron chi connectivity index (χ0n) is 12.2. The Balaban J connectivity index is 1.68. The largest absolute Gasteiger partial charge is 0.337 e. The van der Waals surface area contributed by atoms with Crippen molar-refractivity contribution in [3.05, 3.63) is 47.5 Å². The molecule has 3 heterocycles. The average molecular weight is 284 g/mol. The second kappa shape index (κ2) is 6.08. The fourth-order valence-electron chi connectivity index (χ4n) is 2.98. The molecule has 0 aromatic carbocycles. The van der Waals surface area contributed by atoms with E-state index < -0.39 is 0 Å². The first-order valence-corrected chi connectivity index (χ1v) is 7.43. The predicted molar refractivity (Wildman–Crippen MR) is 79.9 cm³/mol. The summed E-state index contributed by atoms with van der Waals surface area (Å²) in [5.74, 6) is 0.551. The molecule has 1 aliphatic rings. The molecule has 1 N–H and O–H groups in total. The summed E-state index contributed by atoms with van der Waals surface area (Å²) >= 11 is 0. The predicted octanol–water partition coefficient (Wildman–Crippen LogP) is 2.21. The van der Waals surface area contributed by atoms with Crippen molar-refractivity contribution in [3.63, 3.8) is 0 Å². The van der Waals surface area contributed by atoms with Gasteiger partial charge in [0.1, 0.15) is 5.69 Å². The number of piperidine rings is 1. The minimum absolute atomic E-state index is 0.0578. The minimum atomic E-state index is 0.0578. The van der Waals surface area contributed by atoms with Crippen molar-refractivity contribution in [1.29, 1.82) is 0 Å². The Bertz CT molecular complexity index is 608. The quantitative estimate of drug-likeness (QED) is 0.940. The number of hydrogen-bond acceptors (Lipinski definition) is 3. The number of amides is 1.